The molecule has 2 rings (SSSR count). The predicted molar refractivity (Wildman–Crippen MR) is 84.7 cm³/mol. The summed E-state index contributed by atoms with van der Waals surface area (Å²) in [6.45, 7) is 1.13. The van der Waals surface area contributed by atoms with Crippen LogP contribution in [0.2, 0.25) is 0 Å². The van der Waals surface area contributed by atoms with E-state index >= 15 is 0 Å². The SMILES string of the molecule is CC(=O)Oc1c(C(=O)O)ccc(C(=O)OCc2ccccc2)c1N. The van der Waals surface area contributed by atoms with Gasteiger partial charge in [0.2, 0.25) is 0 Å². The Bertz CT molecular complexity index is 785. The van der Waals surface area contributed by atoms with Crippen LogP contribution in [0, 0.1) is 0 Å². The maximum absolute atomic E-state index is 12.2. The Kier molecular flexibility index (Phi) is 5.16. The Morgan fingerprint density at radius 3 is 2.25 bits per heavy atom. The molecule has 0 unspecified atom stereocenters. The van der Waals surface area contributed by atoms with E-state index in [0.29, 0.717) is 0 Å². The maximum atomic E-state index is 12.2. The van der Waals surface area contributed by atoms with Gasteiger partial charge in [-0.3, -0.25) is 4.79 Å². The lowest BCUT2D eigenvalue weighted by atomic mass is 10.1. The molecule has 124 valence electrons. The van der Waals surface area contributed by atoms with Crippen molar-refractivity contribution in [3.05, 3.63) is 59.2 Å². The first-order valence-corrected chi connectivity index (χ1v) is 6.95. The summed E-state index contributed by atoms with van der Waals surface area (Å²) < 4.78 is 9.99. The van der Waals surface area contributed by atoms with Crippen LogP contribution in [-0.4, -0.2) is 23.0 Å². The molecule has 0 aromatic heterocycles. The molecular weight excluding hydrogens is 314 g/mol. The van der Waals surface area contributed by atoms with E-state index < -0.39 is 17.9 Å². The quantitative estimate of drug-likeness (QED) is 0.491. The van der Waals surface area contributed by atoms with E-state index in [1.165, 1.54) is 6.07 Å². The first-order chi connectivity index (χ1) is 11.4. The number of carboxylic acids is 1. The number of rotatable bonds is 5. The second-order valence-corrected chi connectivity index (χ2v) is 4.86. The first kappa shape index (κ1) is 17.0. The number of hydrogen-bond acceptors (Lipinski definition) is 6. The Morgan fingerprint density at radius 2 is 1.67 bits per heavy atom. The van der Waals surface area contributed by atoms with E-state index in [1.54, 1.807) is 24.3 Å². The zero-order chi connectivity index (χ0) is 17.7. The van der Waals surface area contributed by atoms with Gasteiger partial charge < -0.3 is 20.3 Å². The van der Waals surface area contributed by atoms with Crippen molar-refractivity contribution in [1.29, 1.82) is 0 Å². The average Bonchev–Trinajstić information content (AvgIpc) is 2.54. The van der Waals surface area contributed by atoms with Gasteiger partial charge in [0.15, 0.2) is 5.75 Å². The van der Waals surface area contributed by atoms with Crippen LogP contribution in [0.3, 0.4) is 0 Å². The average molecular weight is 329 g/mol. The van der Waals surface area contributed by atoms with Gasteiger partial charge in [0.05, 0.1) is 11.3 Å². The molecule has 0 saturated heterocycles. The molecule has 0 radical (unpaired) electrons. The molecule has 0 aliphatic carbocycles. The van der Waals surface area contributed by atoms with E-state index in [4.69, 9.17) is 20.3 Å². The van der Waals surface area contributed by atoms with Crippen LogP contribution in [-0.2, 0) is 16.1 Å². The van der Waals surface area contributed by atoms with Crippen LogP contribution in [0.1, 0.15) is 33.2 Å². The monoisotopic (exact) mass is 329 g/mol. The van der Waals surface area contributed by atoms with E-state index in [1.807, 2.05) is 6.07 Å². The van der Waals surface area contributed by atoms with Crippen LogP contribution in [0.5, 0.6) is 5.75 Å². The molecule has 0 saturated carbocycles. The zero-order valence-corrected chi connectivity index (χ0v) is 12.8. The Hall–Kier alpha value is -3.35. The van der Waals surface area contributed by atoms with Crippen molar-refractivity contribution >= 4 is 23.6 Å². The largest absolute Gasteiger partial charge is 0.478 e. The third kappa shape index (κ3) is 3.89. The topological polar surface area (TPSA) is 116 Å². The number of nitrogen functional groups attached to an aromatic ring is 1. The summed E-state index contributed by atoms with van der Waals surface area (Å²) in [6.07, 6.45) is 0. The van der Waals surface area contributed by atoms with Crippen molar-refractivity contribution < 1.29 is 29.0 Å². The molecule has 7 heteroatoms. The molecule has 0 amide bonds. The highest BCUT2D eigenvalue weighted by Crippen LogP contribution is 2.31. The van der Waals surface area contributed by atoms with Crippen molar-refractivity contribution in [1.82, 2.24) is 0 Å². The number of hydrogen-bond donors (Lipinski definition) is 2. The normalized spacial score (nSPS) is 10.0. The second-order valence-electron chi connectivity index (χ2n) is 4.86. The van der Waals surface area contributed by atoms with Crippen LogP contribution in [0.15, 0.2) is 42.5 Å². The van der Waals surface area contributed by atoms with E-state index in [0.717, 1.165) is 18.6 Å². The fourth-order valence-electron chi connectivity index (χ4n) is 2.00. The summed E-state index contributed by atoms with van der Waals surface area (Å²) >= 11 is 0. The summed E-state index contributed by atoms with van der Waals surface area (Å²) in [5, 5.41) is 9.12. The minimum absolute atomic E-state index is 0.0305. The smallest absolute Gasteiger partial charge is 0.340 e. The summed E-state index contributed by atoms with van der Waals surface area (Å²) in [7, 11) is 0. The molecule has 0 bridgehead atoms. The first-order valence-electron chi connectivity index (χ1n) is 6.95. The van der Waals surface area contributed by atoms with Crippen LogP contribution in [0.4, 0.5) is 5.69 Å². The molecule has 7 nitrogen and oxygen atoms in total. The highest BCUT2D eigenvalue weighted by molar-refractivity contribution is 6.02. The number of anilines is 1. The van der Waals surface area contributed by atoms with Gasteiger partial charge >= 0.3 is 17.9 Å². The predicted octanol–water partition coefficient (Wildman–Crippen LogP) is 2.25. The van der Waals surface area contributed by atoms with Crippen LogP contribution >= 0.6 is 0 Å². The lowest BCUT2D eigenvalue weighted by molar-refractivity contribution is -0.131. The third-order valence-electron chi connectivity index (χ3n) is 3.10. The standard InChI is InChI=1S/C17H15NO6/c1-10(19)24-15-13(16(20)21)8-7-12(14(15)18)17(22)23-9-11-5-3-2-4-6-11/h2-8H,9,18H2,1H3,(H,20,21). The molecule has 2 aromatic carbocycles. The molecule has 0 heterocycles. The minimum atomic E-state index is -1.33. The van der Waals surface area contributed by atoms with E-state index in [9.17, 15) is 14.4 Å². The fourth-order valence-corrected chi connectivity index (χ4v) is 2.00. The molecule has 0 aliphatic rings. The van der Waals surface area contributed by atoms with E-state index in [-0.39, 0.29) is 29.2 Å². The number of esters is 2. The highest BCUT2D eigenvalue weighted by Gasteiger charge is 2.22. The van der Waals surface area contributed by atoms with Crippen LogP contribution in [0.25, 0.3) is 0 Å². The number of benzene rings is 2. The molecule has 0 atom stereocenters. The lowest BCUT2D eigenvalue weighted by Gasteiger charge is -2.13. The van der Waals surface area contributed by atoms with Crippen molar-refractivity contribution in [2.45, 2.75) is 13.5 Å². The van der Waals surface area contributed by atoms with Gasteiger partial charge in [-0.1, -0.05) is 30.3 Å². The fraction of sp³-hybridized carbons (Fsp3) is 0.118. The number of nitrogens with two attached hydrogens (primary N) is 1. The van der Waals surface area contributed by atoms with E-state index in [2.05, 4.69) is 0 Å². The second kappa shape index (κ2) is 7.28. The molecule has 0 aliphatic heterocycles. The number of carbonyl (C=O) groups is 3. The number of aromatic carboxylic acids is 1. The third-order valence-corrected chi connectivity index (χ3v) is 3.10. The summed E-state index contributed by atoms with van der Waals surface area (Å²) in [5.41, 5.74) is 5.93. The minimum Gasteiger partial charge on any atom is -0.478 e. The zero-order valence-electron chi connectivity index (χ0n) is 12.8. The van der Waals surface area contributed by atoms with Gasteiger partial charge in [-0.2, -0.15) is 0 Å². The van der Waals surface area contributed by atoms with Crippen molar-refractivity contribution in [2.24, 2.45) is 0 Å². The Morgan fingerprint density at radius 1 is 1.04 bits per heavy atom. The Balaban J connectivity index is 2.27. The highest BCUT2D eigenvalue weighted by atomic mass is 16.5. The lowest BCUT2D eigenvalue weighted by Crippen LogP contribution is -2.14. The van der Waals surface area contributed by atoms with Crippen LogP contribution < -0.4 is 10.5 Å². The summed E-state index contributed by atoms with van der Waals surface area (Å²) in [5.74, 6) is -3.20. The van der Waals surface area contributed by atoms with Crippen molar-refractivity contribution in [3.63, 3.8) is 0 Å². The molecular formula is C17H15NO6. The molecule has 2 aromatic rings. The molecule has 3 N–H and O–H groups in total. The number of carboxylic acid groups (broad SMARTS) is 1. The maximum Gasteiger partial charge on any atom is 0.340 e. The van der Waals surface area contributed by atoms with Gasteiger partial charge in [-0.05, 0) is 17.7 Å². The number of ether oxygens (including phenoxy) is 2. The molecule has 24 heavy (non-hydrogen) atoms. The van der Waals surface area contributed by atoms with Crippen molar-refractivity contribution in [2.75, 3.05) is 5.73 Å². The summed E-state index contributed by atoms with van der Waals surface area (Å²) in [6, 6.07) is 11.4. The number of carbonyl (C=O) groups excluding carboxylic acids is 2. The summed E-state index contributed by atoms with van der Waals surface area (Å²) in [4.78, 5) is 34.5. The van der Waals surface area contributed by atoms with Gasteiger partial charge in [0.25, 0.3) is 0 Å². The Labute approximate surface area is 137 Å². The van der Waals surface area contributed by atoms with Gasteiger partial charge in [0.1, 0.15) is 12.2 Å². The van der Waals surface area contributed by atoms with Crippen molar-refractivity contribution in [3.8, 4) is 5.75 Å². The molecule has 0 spiro atoms. The van der Waals surface area contributed by atoms with Gasteiger partial charge in [-0.15, -0.1) is 0 Å². The van der Waals surface area contributed by atoms with Gasteiger partial charge in [-0.25, -0.2) is 9.59 Å². The van der Waals surface area contributed by atoms with Gasteiger partial charge in [0, 0.05) is 6.92 Å². The molecule has 0 fully saturated rings.